The predicted octanol–water partition coefficient (Wildman–Crippen LogP) is 3.50. The fraction of sp³-hybridized carbons (Fsp3) is 0.905. The van der Waals surface area contributed by atoms with Gasteiger partial charge in [0.05, 0.1) is 6.10 Å². The minimum absolute atomic E-state index is 0.0183. The number of carbonyl (C=O) groups excluding carboxylic acids is 2. The second-order valence-corrected chi connectivity index (χ2v) is 9.75. The Morgan fingerprint density at radius 3 is 2.48 bits per heavy atom. The van der Waals surface area contributed by atoms with Crippen LogP contribution in [0.2, 0.25) is 0 Å². The van der Waals surface area contributed by atoms with Crippen molar-refractivity contribution < 1.29 is 19.4 Å². The van der Waals surface area contributed by atoms with Crippen molar-refractivity contribution in [1.29, 1.82) is 0 Å². The van der Waals surface area contributed by atoms with Gasteiger partial charge in [-0.05, 0) is 68.1 Å². The van der Waals surface area contributed by atoms with Crippen LogP contribution in [0, 0.1) is 34.5 Å². The SMILES string of the molecule is CC(=O)O[C@H]1CC[C@H]2[C@@H]3CC(=O)[C@H]4C[C@@H](O)CC[C@]4(C)[C@H]3CC[C@]12C. The van der Waals surface area contributed by atoms with Gasteiger partial charge in [-0.25, -0.2) is 0 Å². The number of ketones is 1. The van der Waals surface area contributed by atoms with Crippen molar-refractivity contribution in [2.24, 2.45) is 34.5 Å². The van der Waals surface area contributed by atoms with E-state index in [9.17, 15) is 14.7 Å². The molecule has 25 heavy (non-hydrogen) atoms. The van der Waals surface area contributed by atoms with E-state index in [1.54, 1.807) is 0 Å². The zero-order valence-corrected chi connectivity index (χ0v) is 15.8. The lowest BCUT2D eigenvalue weighted by atomic mass is 9.45. The Morgan fingerprint density at radius 1 is 1.08 bits per heavy atom. The van der Waals surface area contributed by atoms with Gasteiger partial charge in [-0.1, -0.05) is 13.8 Å². The van der Waals surface area contributed by atoms with Crippen molar-refractivity contribution in [2.45, 2.75) is 84.3 Å². The molecular weight excluding hydrogens is 316 g/mol. The second kappa shape index (κ2) is 5.80. The van der Waals surface area contributed by atoms with Gasteiger partial charge in [-0.15, -0.1) is 0 Å². The van der Waals surface area contributed by atoms with Crippen LogP contribution in [-0.4, -0.2) is 29.1 Å². The third-order valence-corrected chi connectivity index (χ3v) is 8.65. The van der Waals surface area contributed by atoms with Gasteiger partial charge in [0, 0.05) is 24.7 Å². The number of aliphatic hydroxyl groups excluding tert-OH is 1. The molecule has 0 bridgehead atoms. The molecule has 4 heteroatoms. The van der Waals surface area contributed by atoms with E-state index in [0.717, 1.165) is 38.5 Å². The zero-order chi connectivity index (χ0) is 18.0. The molecule has 0 aliphatic heterocycles. The van der Waals surface area contributed by atoms with Crippen LogP contribution in [0.15, 0.2) is 0 Å². The molecule has 0 saturated heterocycles. The van der Waals surface area contributed by atoms with Crippen molar-refractivity contribution in [2.75, 3.05) is 0 Å². The summed E-state index contributed by atoms with van der Waals surface area (Å²) in [5, 5.41) is 10.1. The molecule has 4 nitrogen and oxygen atoms in total. The number of carbonyl (C=O) groups is 2. The Kier molecular flexibility index (Phi) is 4.06. The maximum absolute atomic E-state index is 13.0. The van der Waals surface area contributed by atoms with Crippen molar-refractivity contribution >= 4 is 11.8 Å². The monoisotopic (exact) mass is 348 g/mol. The fourth-order valence-corrected chi connectivity index (χ4v) is 7.37. The van der Waals surface area contributed by atoms with Gasteiger partial charge in [-0.3, -0.25) is 9.59 Å². The molecule has 0 heterocycles. The molecule has 4 saturated carbocycles. The topological polar surface area (TPSA) is 63.6 Å². The van der Waals surface area contributed by atoms with Crippen LogP contribution in [0.3, 0.4) is 0 Å². The highest BCUT2D eigenvalue weighted by Gasteiger charge is 2.62. The molecule has 0 aromatic heterocycles. The minimum Gasteiger partial charge on any atom is -0.462 e. The van der Waals surface area contributed by atoms with Gasteiger partial charge >= 0.3 is 5.97 Å². The van der Waals surface area contributed by atoms with E-state index in [-0.39, 0.29) is 34.9 Å². The van der Waals surface area contributed by atoms with Crippen LogP contribution >= 0.6 is 0 Å². The van der Waals surface area contributed by atoms with Gasteiger partial charge in [0.25, 0.3) is 0 Å². The summed E-state index contributed by atoms with van der Waals surface area (Å²) in [5.74, 6) is 1.75. The summed E-state index contributed by atoms with van der Waals surface area (Å²) in [5.41, 5.74) is 0.0879. The second-order valence-electron chi connectivity index (χ2n) is 9.75. The van der Waals surface area contributed by atoms with Crippen LogP contribution in [0.25, 0.3) is 0 Å². The van der Waals surface area contributed by atoms with Gasteiger partial charge in [0.2, 0.25) is 0 Å². The number of rotatable bonds is 1. The average Bonchev–Trinajstić information content (AvgIpc) is 2.86. The Morgan fingerprint density at radius 2 is 1.76 bits per heavy atom. The molecule has 0 aromatic rings. The number of Topliss-reactive ketones (excluding diaryl/α,β-unsaturated/α-hetero) is 1. The molecule has 0 unspecified atom stereocenters. The van der Waals surface area contributed by atoms with E-state index < -0.39 is 0 Å². The Hall–Kier alpha value is -0.900. The molecule has 1 N–H and O–H groups in total. The van der Waals surface area contributed by atoms with Crippen molar-refractivity contribution in [1.82, 2.24) is 0 Å². The Labute approximate surface area is 150 Å². The summed E-state index contributed by atoms with van der Waals surface area (Å²) in [6, 6.07) is 0. The van der Waals surface area contributed by atoms with Crippen LogP contribution in [-0.2, 0) is 14.3 Å². The first kappa shape index (κ1) is 17.5. The maximum Gasteiger partial charge on any atom is 0.302 e. The number of hydrogen-bond donors (Lipinski definition) is 1. The third-order valence-electron chi connectivity index (χ3n) is 8.65. The summed E-state index contributed by atoms with van der Waals surface area (Å²) in [4.78, 5) is 24.5. The molecule has 140 valence electrons. The van der Waals surface area contributed by atoms with E-state index in [4.69, 9.17) is 4.74 Å². The smallest absolute Gasteiger partial charge is 0.302 e. The first-order valence-electron chi connectivity index (χ1n) is 10.1. The molecule has 0 amide bonds. The first-order valence-corrected chi connectivity index (χ1v) is 10.1. The lowest BCUT2D eigenvalue weighted by Gasteiger charge is -2.59. The Bertz CT molecular complexity index is 586. The predicted molar refractivity (Wildman–Crippen MR) is 93.7 cm³/mol. The highest BCUT2D eigenvalue weighted by molar-refractivity contribution is 5.83. The van der Waals surface area contributed by atoms with Crippen LogP contribution in [0.5, 0.6) is 0 Å². The van der Waals surface area contributed by atoms with Crippen molar-refractivity contribution in [3.63, 3.8) is 0 Å². The number of aliphatic hydroxyl groups is 1. The molecular formula is C21H32O4. The van der Waals surface area contributed by atoms with E-state index in [0.29, 0.717) is 36.4 Å². The fourth-order valence-electron chi connectivity index (χ4n) is 7.37. The highest BCUT2D eigenvalue weighted by Crippen LogP contribution is 2.65. The lowest BCUT2D eigenvalue weighted by Crippen LogP contribution is -2.57. The zero-order valence-electron chi connectivity index (χ0n) is 15.8. The number of hydrogen-bond acceptors (Lipinski definition) is 4. The van der Waals surface area contributed by atoms with E-state index in [1.807, 2.05) is 0 Å². The standard InChI is InChI=1S/C21H32O4/c1-12(22)25-19-5-4-15-14-11-18(24)17-10-13(23)6-8-20(17,2)16(14)7-9-21(15,19)3/h13-17,19,23H,4-11H2,1-3H3/t13-,14-,15-,16-,17+,19-,20+,21-/m0/s1. The minimum atomic E-state index is -0.299. The van der Waals surface area contributed by atoms with E-state index >= 15 is 0 Å². The molecule has 4 fully saturated rings. The van der Waals surface area contributed by atoms with Gasteiger partial charge in [0.1, 0.15) is 11.9 Å². The highest BCUT2D eigenvalue weighted by atomic mass is 16.5. The molecule has 0 radical (unpaired) electrons. The summed E-state index contributed by atoms with van der Waals surface area (Å²) in [6.07, 6.45) is 7.10. The number of ether oxygens (including phenoxy) is 1. The number of esters is 1. The molecule has 0 spiro atoms. The summed E-state index contributed by atoms with van der Waals surface area (Å²) in [7, 11) is 0. The summed E-state index contributed by atoms with van der Waals surface area (Å²) < 4.78 is 5.68. The average molecular weight is 348 g/mol. The van der Waals surface area contributed by atoms with Gasteiger partial charge in [-0.2, -0.15) is 0 Å². The van der Waals surface area contributed by atoms with E-state index in [2.05, 4.69) is 13.8 Å². The van der Waals surface area contributed by atoms with Crippen molar-refractivity contribution in [3.05, 3.63) is 0 Å². The van der Waals surface area contributed by atoms with E-state index in [1.165, 1.54) is 6.92 Å². The molecule has 4 rings (SSSR count). The maximum atomic E-state index is 13.0. The molecule has 0 aromatic carbocycles. The van der Waals surface area contributed by atoms with Gasteiger partial charge in [0.15, 0.2) is 0 Å². The normalized spacial score (nSPS) is 52.1. The number of fused-ring (bicyclic) bond motifs is 5. The van der Waals surface area contributed by atoms with Crippen LogP contribution < -0.4 is 0 Å². The molecule has 4 aliphatic rings. The van der Waals surface area contributed by atoms with Crippen LogP contribution in [0.1, 0.15) is 72.1 Å². The summed E-state index contributed by atoms with van der Waals surface area (Å²) in [6.45, 7) is 6.11. The summed E-state index contributed by atoms with van der Waals surface area (Å²) >= 11 is 0. The molecule has 4 aliphatic carbocycles. The largest absolute Gasteiger partial charge is 0.462 e. The molecule has 8 atom stereocenters. The van der Waals surface area contributed by atoms with Gasteiger partial charge < -0.3 is 9.84 Å². The first-order chi connectivity index (χ1) is 11.8. The van der Waals surface area contributed by atoms with Crippen LogP contribution in [0.4, 0.5) is 0 Å². The Balaban J connectivity index is 1.62. The lowest BCUT2D eigenvalue weighted by molar-refractivity contribution is -0.169. The van der Waals surface area contributed by atoms with Crippen molar-refractivity contribution in [3.8, 4) is 0 Å². The third kappa shape index (κ3) is 2.50. The quantitative estimate of drug-likeness (QED) is 0.737.